The molecule has 84 valence electrons. The summed E-state index contributed by atoms with van der Waals surface area (Å²) in [6.45, 7) is 0. The minimum absolute atomic E-state index is 0.430. The third-order valence-electron chi connectivity index (χ3n) is 1.17. The van der Waals surface area contributed by atoms with Gasteiger partial charge in [-0.1, -0.05) is 52.5 Å². The largest absolute Gasteiger partial charge is 0.479 e. The first-order valence-corrected chi connectivity index (χ1v) is 5.19. The summed E-state index contributed by atoms with van der Waals surface area (Å²) >= 11 is 20.8. The highest BCUT2D eigenvalue weighted by Crippen LogP contribution is 2.26. The van der Waals surface area contributed by atoms with Gasteiger partial charge in [0.2, 0.25) is 4.84 Å². The number of nitrogen functional groups attached to an aromatic ring is 1. The highest BCUT2D eigenvalue weighted by molar-refractivity contribution is 6.52. The smallest absolute Gasteiger partial charge is 0.337 e. The van der Waals surface area contributed by atoms with Crippen molar-refractivity contribution in [1.29, 1.82) is 0 Å². The van der Waals surface area contributed by atoms with Gasteiger partial charge in [-0.25, -0.2) is 4.79 Å². The monoisotopic (exact) mass is 289 g/mol. The molecular formula is C8H7Cl4NO2. The number of alkyl halides is 2. The SMILES string of the molecule is Nc1cccc(Cl)c1Cl.O=C(O)C(Cl)Cl. The third kappa shape index (κ3) is 5.95. The Hall–Kier alpha value is -0.350. The van der Waals surface area contributed by atoms with Crippen LogP contribution in [0.3, 0.4) is 0 Å². The first kappa shape index (κ1) is 14.6. The minimum Gasteiger partial charge on any atom is -0.479 e. The fraction of sp³-hybridized carbons (Fsp3) is 0.125. The molecule has 3 N–H and O–H groups in total. The van der Waals surface area contributed by atoms with E-state index < -0.39 is 10.8 Å². The van der Waals surface area contributed by atoms with Crippen molar-refractivity contribution in [2.24, 2.45) is 0 Å². The van der Waals surface area contributed by atoms with Gasteiger partial charge in [0.1, 0.15) is 0 Å². The van der Waals surface area contributed by atoms with Crippen LogP contribution in [0.15, 0.2) is 18.2 Å². The lowest BCUT2D eigenvalue weighted by Gasteiger charge is -1.96. The molecule has 0 atom stereocenters. The summed E-state index contributed by atoms with van der Waals surface area (Å²) in [4.78, 5) is 8.15. The lowest BCUT2D eigenvalue weighted by molar-refractivity contribution is -0.135. The number of hydrogen-bond donors (Lipinski definition) is 2. The molecule has 0 saturated heterocycles. The number of carboxylic acids is 1. The number of nitrogens with two attached hydrogens (primary N) is 1. The normalized spacial score (nSPS) is 9.40. The molecule has 0 aliphatic heterocycles. The highest BCUT2D eigenvalue weighted by Gasteiger charge is 2.05. The van der Waals surface area contributed by atoms with Crippen LogP contribution >= 0.6 is 46.4 Å². The number of hydrogen-bond acceptors (Lipinski definition) is 2. The second-order valence-corrected chi connectivity index (χ2v) is 4.16. The van der Waals surface area contributed by atoms with E-state index in [-0.39, 0.29) is 0 Å². The van der Waals surface area contributed by atoms with E-state index in [2.05, 4.69) is 0 Å². The lowest BCUT2D eigenvalue weighted by Crippen LogP contribution is -2.03. The molecule has 1 rings (SSSR count). The topological polar surface area (TPSA) is 63.3 Å². The highest BCUT2D eigenvalue weighted by atomic mass is 35.5. The summed E-state index contributed by atoms with van der Waals surface area (Å²) in [6, 6.07) is 5.15. The van der Waals surface area contributed by atoms with Crippen molar-refractivity contribution in [2.75, 3.05) is 5.73 Å². The Balaban J connectivity index is 0.000000288. The molecule has 0 amide bonds. The minimum atomic E-state index is -1.29. The van der Waals surface area contributed by atoms with E-state index in [1.54, 1.807) is 18.2 Å². The van der Waals surface area contributed by atoms with Gasteiger partial charge in [-0.2, -0.15) is 0 Å². The van der Waals surface area contributed by atoms with E-state index in [1.165, 1.54) is 0 Å². The Labute approximate surface area is 107 Å². The second kappa shape index (κ2) is 7.01. The van der Waals surface area contributed by atoms with Crippen molar-refractivity contribution < 1.29 is 9.90 Å². The van der Waals surface area contributed by atoms with Crippen LogP contribution in [0.25, 0.3) is 0 Å². The van der Waals surface area contributed by atoms with Crippen LogP contribution in [0.5, 0.6) is 0 Å². The summed E-state index contributed by atoms with van der Waals surface area (Å²) < 4.78 is 0. The predicted molar refractivity (Wildman–Crippen MR) is 64.0 cm³/mol. The van der Waals surface area contributed by atoms with E-state index in [0.717, 1.165) is 0 Å². The standard InChI is InChI=1S/C6H5Cl2N.C2H2Cl2O2/c7-4-2-1-3-5(9)6(4)8;3-1(4)2(5)6/h1-3H,9H2;1H,(H,5,6). The van der Waals surface area contributed by atoms with Crippen LogP contribution in [0.2, 0.25) is 10.0 Å². The summed E-state index contributed by atoms with van der Waals surface area (Å²) in [7, 11) is 0. The Morgan fingerprint density at radius 2 is 1.80 bits per heavy atom. The van der Waals surface area contributed by atoms with Crippen molar-refractivity contribution >= 4 is 58.1 Å². The molecule has 1 aromatic rings. The van der Waals surface area contributed by atoms with Crippen LogP contribution < -0.4 is 5.73 Å². The van der Waals surface area contributed by atoms with Crippen molar-refractivity contribution in [1.82, 2.24) is 0 Å². The van der Waals surface area contributed by atoms with E-state index in [1.807, 2.05) is 0 Å². The zero-order valence-corrected chi connectivity index (χ0v) is 10.3. The predicted octanol–water partition coefficient (Wildman–Crippen LogP) is 3.45. The molecule has 0 aliphatic rings. The third-order valence-corrected chi connectivity index (χ3v) is 2.38. The van der Waals surface area contributed by atoms with Gasteiger partial charge in [0.25, 0.3) is 0 Å². The molecule has 3 nitrogen and oxygen atoms in total. The van der Waals surface area contributed by atoms with Crippen molar-refractivity contribution in [3.8, 4) is 0 Å². The van der Waals surface area contributed by atoms with Gasteiger partial charge in [0, 0.05) is 0 Å². The van der Waals surface area contributed by atoms with Gasteiger partial charge in [0.05, 0.1) is 15.7 Å². The second-order valence-electron chi connectivity index (χ2n) is 2.28. The van der Waals surface area contributed by atoms with Gasteiger partial charge in [-0.15, -0.1) is 0 Å². The zero-order chi connectivity index (χ0) is 12.0. The average Bonchev–Trinajstić information content (AvgIpc) is 2.15. The first-order valence-electron chi connectivity index (χ1n) is 3.56. The van der Waals surface area contributed by atoms with Gasteiger partial charge >= 0.3 is 5.97 Å². The van der Waals surface area contributed by atoms with E-state index in [4.69, 9.17) is 57.2 Å². The molecular weight excluding hydrogens is 284 g/mol. The van der Waals surface area contributed by atoms with Gasteiger partial charge in [0.15, 0.2) is 0 Å². The number of rotatable bonds is 1. The Bertz CT molecular complexity index is 323. The molecule has 7 heteroatoms. The summed E-state index contributed by atoms with van der Waals surface area (Å²) in [6.07, 6.45) is 0. The molecule has 0 saturated carbocycles. The van der Waals surface area contributed by atoms with Gasteiger partial charge < -0.3 is 10.8 Å². The number of anilines is 1. The Kier molecular flexibility index (Phi) is 6.85. The van der Waals surface area contributed by atoms with Crippen LogP contribution in [-0.4, -0.2) is 15.9 Å². The molecule has 0 fully saturated rings. The fourth-order valence-electron chi connectivity index (χ4n) is 0.520. The van der Waals surface area contributed by atoms with Crippen LogP contribution in [0.1, 0.15) is 0 Å². The summed E-state index contributed by atoms with van der Waals surface area (Å²) in [5, 5.41) is 8.65. The molecule has 1 aromatic carbocycles. The fourth-order valence-corrected chi connectivity index (χ4v) is 0.828. The van der Waals surface area contributed by atoms with Crippen molar-refractivity contribution in [2.45, 2.75) is 4.84 Å². The number of benzene rings is 1. The average molecular weight is 291 g/mol. The van der Waals surface area contributed by atoms with Crippen molar-refractivity contribution in [3.63, 3.8) is 0 Å². The van der Waals surface area contributed by atoms with Gasteiger partial charge in [-0.3, -0.25) is 0 Å². The number of halogens is 4. The summed E-state index contributed by atoms with van der Waals surface area (Å²) in [5.74, 6) is -1.21. The van der Waals surface area contributed by atoms with E-state index in [0.29, 0.717) is 15.7 Å². The first-order chi connectivity index (χ1) is 6.86. The van der Waals surface area contributed by atoms with Crippen LogP contribution in [0, 0.1) is 0 Å². The quantitative estimate of drug-likeness (QED) is 0.615. The molecule has 0 heterocycles. The van der Waals surface area contributed by atoms with E-state index >= 15 is 0 Å². The maximum absolute atomic E-state index is 9.44. The molecule has 0 unspecified atom stereocenters. The van der Waals surface area contributed by atoms with Crippen LogP contribution in [0.4, 0.5) is 5.69 Å². The molecule has 0 bridgehead atoms. The number of carboxylic acid groups (broad SMARTS) is 1. The number of aliphatic carboxylic acids is 1. The molecule has 0 spiro atoms. The van der Waals surface area contributed by atoms with Gasteiger partial charge in [-0.05, 0) is 12.1 Å². The molecule has 0 radical (unpaired) electrons. The molecule has 0 aliphatic carbocycles. The summed E-state index contributed by atoms with van der Waals surface area (Å²) in [5.41, 5.74) is 5.92. The Morgan fingerprint density at radius 1 is 1.33 bits per heavy atom. The lowest BCUT2D eigenvalue weighted by atomic mass is 10.3. The zero-order valence-electron chi connectivity index (χ0n) is 7.25. The van der Waals surface area contributed by atoms with Crippen LogP contribution in [-0.2, 0) is 4.79 Å². The van der Waals surface area contributed by atoms with Crippen molar-refractivity contribution in [3.05, 3.63) is 28.2 Å². The molecule has 15 heavy (non-hydrogen) atoms. The maximum atomic E-state index is 9.44. The van der Waals surface area contributed by atoms with E-state index in [9.17, 15) is 4.79 Å². The Morgan fingerprint density at radius 3 is 2.07 bits per heavy atom. The maximum Gasteiger partial charge on any atom is 0.337 e. The number of carbonyl (C=O) groups is 1. The molecule has 0 aromatic heterocycles.